The first-order valence-corrected chi connectivity index (χ1v) is 4.10. The second-order valence-electron chi connectivity index (χ2n) is 3.18. The summed E-state index contributed by atoms with van der Waals surface area (Å²) in [5.74, 6) is 2.66. The molecule has 1 aliphatic carbocycles. The third-order valence-corrected chi connectivity index (χ3v) is 2.30. The molecule has 0 radical (unpaired) electrons. The minimum atomic E-state index is 0.692. The van der Waals surface area contributed by atoms with Crippen LogP contribution in [0.3, 0.4) is 0 Å². The predicted molar refractivity (Wildman–Crippen MR) is 43.5 cm³/mol. The zero-order chi connectivity index (χ0) is 7.68. The molecule has 0 unspecified atom stereocenters. The summed E-state index contributed by atoms with van der Waals surface area (Å²) in [7, 11) is 2.00. The van der Waals surface area contributed by atoms with Crippen molar-refractivity contribution in [3.8, 4) is 0 Å². The molecule has 2 atom stereocenters. The quantitative estimate of drug-likeness (QED) is 0.709. The zero-order valence-corrected chi connectivity index (χ0v) is 6.71. The van der Waals surface area contributed by atoms with Gasteiger partial charge < -0.3 is 9.73 Å². The fraction of sp³-hybridized carbons (Fsp3) is 0.556. The number of furan rings is 1. The van der Waals surface area contributed by atoms with Crippen molar-refractivity contribution in [2.24, 2.45) is 5.92 Å². The molecule has 2 heteroatoms. The summed E-state index contributed by atoms with van der Waals surface area (Å²) < 4.78 is 5.31. The Balaban J connectivity index is 1.92. The summed E-state index contributed by atoms with van der Waals surface area (Å²) in [5.41, 5.74) is 0. The number of nitrogens with one attached hydrogen (secondary N) is 1. The van der Waals surface area contributed by atoms with Crippen molar-refractivity contribution >= 4 is 0 Å². The molecule has 0 aliphatic heterocycles. The normalized spacial score (nSPS) is 28.8. The molecule has 0 bridgehead atoms. The highest BCUT2D eigenvalue weighted by Crippen LogP contribution is 2.46. The second kappa shape index (κ2) is 2.70. The van der Waals surface area contributed by atoms with Gasteiger partial charge in [0.25, 0.3) is 0 Å². The minimum Gasteiger partial charge on any atom is -0.469 e. The maximum absolute atomic E-state index is 5.31. The molecule has 1 aromatic rings. The van der Waals surface area contributed by atoms with Crippen molar-refractivity contribution in [1.29, 1.82) is 0 Å². The van der Waals surface area contributed by atoms with Crippen LogP contribution in [0.5, 0.6) is 0 Å². The lowest BCUT2D eigenvalue weighted by molar-refractivity contribution is 0.501. The molecule has 0 spiro atoms. The Morgan fingerprint density at radius 1 is 1.73 bits per heavy atom. The number of hydrogen-bond acceptors (Lipinski definition) is 2. The van der Waals surface area contributed by atoms with E-state index in [-0.39, 0.29) is 0 Å². The van der Waals surface area contributed by atoms with Crippen molar-refractivity contribution in [3.05, 3.63) is 24.2 Å². The van der Waals surface area contributed by atoms with Crippen LogP contribution in [0.15, 0.2) is 22.8 Å². The van der Waals surface area contributed by atoms with Crippen LogP contribution in [-0.2, 0) is 0 Å². The van der Waals surface area contributed by atoms with E-state index in [1.54, 1.807) is 6.26 Å². The van der Waals surface area contributed by atoms with Crippen molar-refractivity contribution in [2.75, 3.05) is 13.6 Å². The summed E-state index contributed by atoms with van der Waals surface area (Å²) in [5, 5.41) is 3.18. The Hall–Kier alpha value is -0.760. The Bertz CT molecular complexity index is 217. The van der Waals surface area contributed by atoms with Crippen molar-refractivity contribution in [2.45, 2.75) is 12.3 Å². The molecule has 1 saturated carbocycles. The molecule has 0 amide bonds. The van der Waals surface area contributed by atoms with Crippen LogP contribution < -0.4 is 5.32 Å². The highest BCUT2D eigenvalue weighted by molar-refractivity contribution is 5.15. The highest BCUT2D eigenvalue weighted by Gasteiger charge is 2.39. The molecule has 60 valence electrons. The maximum Gasteiger partial charge on any atom is 0.107 e. The summed E-state index contributed by atoms with van der Waals surface area (Å²) in [6.45, 7) is 1.12. The van der Waals surface area contributed by atoms with Gasteiger partial charge >= 0.3 is 0 Å². The van der Waals surface area contributed by atoms with Gasteiger partial charge in [0.1, 0.15) is 5.76 Å². The third kappa shape index (κ3) is 1.31. The van der Waals surface area contributed by atoms with Gasteiger partial charge in [-0.1, -0.05) is 0 Å². The molecular weight excluding hydrogens is 138 g/mol. The van der Waals surface area contributed by atoms with E-state index in [0.717, 1.165) is 18.2 Å². The molecule has 2 rings (SSSR count). The van der Waals surface area contributed by atoms with Gasteiger partial charge in [0.05, 0.1) is 6.26 Å². The van der Waals surface area contributed by atoms with Crippen LogP contribution in [0.2, 0.25) is 0 Å². The summed E-state index contributed by atoms with van der Waals surface area (Å²) in [6, 6.07) is 4.03. The molecule has 1 heterocycles. The average molecular weight is 151 g/mol. The van der Waals surface area contributed by atoms with Gasteiger partial charge in [0, 0.05) is 5.92 Å². The standard InChI is InChI=1S/C9H13NO/c1-10-6-7-5-8(7)9-3-2-4-11-9/h2-4,7-8,10H,5-6H2,1H3/t7-,8+/m0/s1. The van der Waals surface area contributed by atoms with E-state index in [1.165, 1.54) is 6.42 Å². The largest absolute Gasteiger partial charge is 0.469 e. The van der Waals surface area contributed by atoms with E-state index in [1.807, 2.05) is 13.1 Å². The molecular formula is C9H13NO. The van der Waals surface area contributed by atoms with Crippen LogP contribution in [-0.4, -0.2) is 13.6 Å². The van der Waals surface area contributed by atoms with E-state index >= 15 is 0 Å². The Morgan fingerprint density at radius 3 is 3.27 bits per heavy atom. The molecule has 1 aliphatic rings. The lowest BCUT2D eigenvalue weighted by Crippen LogP contribution is -2.09. The van der Waals surface area contributed by atoms with Gasteiger partial charge in [-0.25, -0.2) is 0 Å². The van der Waals surface area contributed by atoms with Crippen molar-refractivity contribution in [3.63, 3.8) is 0 Å². The van der Waals surface area contributed by atoms with Crippen LogP contribution in [0.1, 0.15) is 18.1 Å². The average Bonchev–Trinajstić information content (AvgIpc) is 2.61. The van der Waals surface area contributed by atoms with E-state index in [9.17, 15) is 0 Å². The first-order valence-electron chi connectivity index (χ1n) is 4.10. The van der Waals surface area contributed by atoms with Gasteiger partial charge in [-0.3, -0.25) is 0 Å². The van der Waals surface area contributed by atoms with E-state index in [0.29, 0.717) is 5.92 Å². The molecule has 0 aromatic carbocycles. The lowest BCUT2D eigenvalue weighted by atomic mass is 10.2. The zero-order valence-electron chi connectivity index (χ0n) is 6.71. The molecule has 11 heavy (non-hydrogen) atoms. The minimum absolute atomic E-state index is 0.692. The molecule has 1 aromatic heterocycles. The maximum atomic E-state index is 5.31. The Labute approximate surface area is 66.6 Å². The van der Waals surface area contributed by atoms with Gasteiger partial charge in [-0.15, -0.1) is 0 Å². The van der Waals surface area contributed by atoms with Gasteiger partial charge in [0.2, 0.25) is 0 Å². The SMILES string of the molecule is CNC[C@@H]1C[C@H]1c1ccco1. The lowest BCUT2D eigenvalue weighted by Gasteiger charge is -1.94. The fourth-order valence-corrected chi connectivity index (χ4v) is 1.59. The highest BCUT2D eigenvalue weighted by atomic mass is 16.3. The van der Waals surface area contributed by atoms with Crippen LogP contribution >= 0.6 is 0 Å². The summed E-state index contributed by atoms with van der Waals surface area (Å²) in [6.07, 6.45) is 3.04. The summed E-state index contributed by atoms with van der Waals surface area (Å²) in [4.78, 5) is 0. The number of hydrogen-bond donors (Lipinski definition) is 1. The van der Waals surface area contributed by atoms with Gasteiger partial charge in [0.15, 0.2) is 0 Å². The first kappa shape index (κ1) is 6.92. The van der Waals surface area contributed by atoms with Crippen molar-refractivity contribution < 1.29 is 4.42 Å². The van der Waals surface area contributed by atoms with Gasteiger partial charge in [-0.2, -0.15) is 0 Å². The van der Waals surface area contributed by atoms with E-state index in [2.05, 4.69) is 11.4 Å². The van der Waals surface area contributed by atoms with Crippen LogP contribution in [0.4, 0.5) is 0 Å². The van der Waals surface area contributed by atoms with Gasteiger partial charge in [-0.05, 0) is 38.1 Å². The summed E-state index contributed by atoms with van der Waals surface area (Å²) >= 11 is 0. The Kier molecular flexibility index (Phi) is 1.70. The van der Waals surface area contributed by atoms with Crippen LogP contribution in [0, 0.1) is 5.92 Å². The fourth-order valence-electron chi connectivity index (χ4n) is 1.59. The smallest absolute Gasteiger partial charge is 0.107 e. The first-order chi connectivity index (χ1) is 5.42. The van der Waals surface area contributed by atoms with Crippen molar-refractivity contribution in [1.82, 2.24) is 5.32 Å². The number of rotatable bonds is 3. The molecule has 2 nitrogen and oxygen atoms in total. The molecule has 0 saturated heterocycles. The van der Waals surface area contributed by atoms with E-state index < -0.39 is 0 Å². The second-order valence-corrected chi connectivity index (χ2v) is 3.18. The predicted octanol–water partition coefficient (Wildman–Crippen LogP) is 1.60. The monoisotopic (exact) mass is 151 g/mol. The topological polar surface area (TPSA) is 25.2 Å². The molecule has 1 fully saturated rings. The third-order valence-electron chi connectivity index (χ3n) is 2.30. The molecule has 1 N–H and O–H groups in total. The Morgan fingerprint density at radius 2 is 2.64 bits per heavy atom. The van der Waals surface area contributed by atoms with Crippen LogP contribution in [0.25, 0.3) is 0 Å². The van der Waals surface area contributed by atoms with E-state index in [4.69, 9.17) is 4.42 Å².